The summed E-state index contributed by atoms with van der Waals surface area (Å²) in [5, 5.41) is 3.83. The van der Waals surface area contributed by atoms with Crippen LogP contribution in [0.3, 0.4) is 0 Å². The lowest BCUT2D eigenvalue weighted by Crippen LogP contribution is -1.99. The Bertz CT molecular complexity index is 820. The molecule has 0 bridgehead atoms. The molecule has 21 heavy (non-hydrogen) atoms. The number of anilines is 1. The molecule has 3 rings (SSSR count). The zero-order chi connectivity index (χ0) is 15.0. The average Bonchev–Trinajstić information content (AvgIpc) is 2.93. The molecule has 0 atom stereocenters. The molecule has 2 aromatic heterocycles. The van der Waals surface area contributed by atoms with Crippen LogP contribution in [0.25, 0.3) is 11.2 Å². The Morgan fingerprint density at radius 1 is 1.10 bits per heavy atom. The molecule has 0 fully saturated rings. The highest BCUT2D eigenvalue weighted by atomic mass is 35.5. The fraction of sp³-hybridized carbons (Fsp3) is 0.0833. The van der Waals surface area contributed by atoms with E-state index in [9.17, 15) is 0 Å². The third kappa shape index (κ3) is 2.70. The lowest BCUT2D eigenvalue weighted by molar-refractivity contribution is 0.468. The molecule has 2 heterocycles. The summed E-state index contributed by atoms with van der Waals surface area (Å²) in [7, 11) is 1.70. The van der Waals surface area contributed by atoms with Crippen molar-refractivity contribution in [1.29, 1.82) is 0 Å². The predicted molar refractivity (Wildman–Crippen MR) is 82.8 cm³/mol. The number of rotatable bonds is 3. The summed E-state index contributed by atoms with van der Waals surface area (Å²) < 4.78 is 5.72. The number of hydrogen-bond acceptors (Lipinski definition) is 5. The van der Waals surface area contributed by atoms with Crippen LogP contribution < -0.4 is 10.1 Å². The number of imidazole rings is 1. The molecule has 0 aliphatic rings. The minimum absolute atomic E-state index is 0.280. The van der Waals surface area contributed by atoms with E-state index in [2.05, 4.69) is 25.3 Å². The first-order valence-electron chi connectivity index (χ1n) is 5.79. The van der Waals surface area contributed by atoms with Crippen LogP contribution in [-0.4, -0.2) is 27.0 Å². The molecule has 0 saturated carbocycles. The molecule has 6 nitrogen and oxygen atoms in total. The second kappa shape index (κ2) is 5.55. The van der Waals surface area contributed by atoms with Gasteiger partial charge < -0.3 is 15.0 Å². The maximum Gasteiger partial charge on any atom is 0.250 e. The van der Waals surface area contributed by atoms with E-state index in [1.807, 2.05) is 0 Å². The van der Waals surface area contributed by atoms with Gasteiger partial charge in [0.25, 0.3) is 5.88 Å². The van der Waals surface area contributed by atoms with Crippen molar-refractivity contribution in [3.05, 3.63) is 33.5 Å². The molecule has 0 amide bonds. The van der Waals surface area contributed by atoms with E-state index >= 15 is 0 Å². The highest BCUT2D eigenvalue weighted by Crippen LogP contribution is 2.37. The van der Waals surface area contributed by atoms with Crippen molar-refractivity contribution in [2.75, 3.05) is 12.4 Å². The molecule has 9 heteroatoms. The van der Waals surface area contributed by atoms with Gasteiger partial charge >= 0.3 is 0 Å². The average molecular weight is 345 g/mol. The third-order valence-electron chi connectivity index (χ3n) is 2.66. The first-order valence-corrected chi connectivity index (χ1v) is 6.93. The molecule has 108 valence electrons. The highest BCUT2D eigenvalue weighted by Gasteiger charge is 2.14. The molecule has 0 spiro atoms. The van der Waals surface area contributed by atoms with Gasteiger partial charge in [0.05, 0.1) is 21.4 Å². The van der Waals surface area contributed by atoms with Crippen molar-refractivity contribution in [1.82, 2.24) is 19.9 Å². The van der Waals surface area contributed by atoms with E-state index in [-0.39, 0.29) is 5.88 Å². The van der Waals surface area contributed by atoms with Gasteiger partial charge in [0.2, 0.25) is 5.95 Å². The summed E-state index contributed by atoms with van der Waals surface area (Å²) in [6.45, 7) is 0. The number of aromatic amines is 1. The van der Waals surface area contributed by atoms with Crippen LogP contribution in [0.2, 0.25) is 15.1 Å². The number of halogens is 3. The number of nitrogens with zero attached hydrogens (tertiary/aromatic N) is 3. The fourth-order valence-corrected chi connectivity index (χ4v) is 2.25. The summed E-state index contributed by atoms with van der Waals surface area (Å²) in [4.78, 5) is 15.4. The summed E-state index contributed by atoms with van der Waals surface area (Å²) >= 11 is 18.0. The number of nitrogens with one attached hydrogen (secondary N) is 2. The van der Waals surface area contributed by atoms with Gasteiger partial charge in [-0.25, -0.2) is 4.98 Å². The first-order chi connectivity index (χ1) is 10.1. The van der Waals surface area contributed by atoms with Gasteiger partial charge in [-0.2, -0.15) is 9.97 Å². The standard InChI is InChI=1S/C12H8Cl3N5O/c1-16-12-19-10-9(17-4-18-10)11(20-12)21-8-3-6(14)5(13)2-7(8)15/h2-4H,1H3,(H2,16,17,18,19,20). The Morgan fingerprint density at radius 3 is 2.62 bits per heavy atom. The van der Waals surface area contributed by atoms with Gasteiger partial charge in [-0.05, 0) is 6.07 Å². The van der Waals surface area contributed by atoms with Gasteiger partial charge in [-0.15, -0.1) is 0 Å². The normalized spacial score (nSPS) is 10.9. The van der Waals surface area contributed by atoms with E-state index in [0.29, 0.717) is 37.9 Å². The van der Waals surface area contributed by atoms with Crippen LogP contribution >= 0.6 is 34.8 Å². The maximum atomic E-state index is 6.10. The van der Waals surface area contributed by atoms with Gasteiger partial charge in [-0.3, -0.25) is 0 Å². The number of ether oxygens (including phenoxy) is 1. The number of benzene rings is 1. The number of H-pyrrole nitrogens is 1. The molecule has 0 unspecified atom stereocenters. The van der Waals surface area contributed by atoms with Crippen molar-refractivity contribution in [2.45, 2.75) is 0 Å². The van der Waals surface area contributed by atoms with Gasteiger partial charge in [0, 0.05) is 13.1 Å². The lowest BCUT2D eigenvalue weighted by atomic mass is 10.3. The highest BCUT2D eigenvalue weighted by molar-refractivity contribution is 6.43. The Labute approximate surface area is 134 Å². The molecule has 0 saturated heterocycles. The summed E-state index contributed by atoms with van der Waals surface area (Å²) in [6.07, 6.45) is 1.50. The number of hydrogen-bond donors (Lipinski definition) is 2. The Kier molecular flexibility index (Phi) is 3.75. The monoisotopic (exact) mass is 343 g/mol. The van der Waals surface area contributed by atoms with Crippen LogP contribution in [0.15, 0.2) is 18.5 Å². The summed E-state index contributed by atoms with van der Waals surface area (Å²) in [6, 6.07) is 3.03. The van der Waals surface area contributed by atoms with Gasteiger partial charge in [0.15, 0.2) is 5.65 Å². The van der Waals surface area contributed by atoms with E-state index in [1.165, 1.54) is 18.5 Å². The molecular formula is C12H8Cl3N5O. The Morgan fingerprint density at radius 2 is 1.86 bits per heavy atom. The minimum Gasteiger partial charge on any atom is -0.435 e. The van der Waals surface area contributed by atoms with Crippen LogP contribution in [0.1, 0.15) is 0 Å². The van der Waals surface area contributed by atoms with Crippen LogP contribution in [0.4, 0.5) is 5.95 Å². The third-order valence-corrected chi connectivity index (χ3v) is 3.68. The molecule has 0 radical (unpaired) electrons. The minimum atomic E-state index is 0.280. The van der Waals surface area contributed by atoms with E-state index < -0.39 is 0 Å². The second-order valence-electron chi connectivity index (χ2n) is 4.00. The SMILES string of the molecule is CNc1nc(Oc2cc(Cl)c(Cl)cc2Cl)c2[nH]cnc2n1. The van der Waals surface area contributed by atoms with E-state index in [1.54, 1.807) is 7.05 Å². The molecular weight excluding hydrogens is 337 g/mol. The molecule has 1 aromatic carbocycles. The van der Waals surface area contributed by atoms with Crippen LogP contribution in [0.5, 0.6) is 11.6 Å². The lowest BCUT2D eigenvalue weighted by Gasteiger charge is -2.09. The largest absolute Gasteiger partial charge is 0.435 e. The van der Waals surface area contributed by atoms with Crippen molar-refractivity contribution < 1.29 is 4.74 Å². The predicted octanol–water partition coefficient (Wildman–Crippen LogP) is 4.15. The van der Waals surface area contributed by atoms with Crippen LogP contribution in [0, 0.1) is 0 Å². The van der Waals surface area contributed by atoms with Crippen molar-refractivity contribution in [3.63, 3.8) is 0 Å². The second-order valence-corrected chi connectivity index (χ2v) is 5.22. The first kappa shape index (κ1) is 14.2. The molecule has 2 N–H and O–H groups in total. The fourth-order valence-electron chi connectivity index (χ4n) is 1.68. The maximum absolute atomic E-state index is 6.10. The van der Waals surface area contributed by atoms with E-state index in [0.717, 1.165) is 0 Å². The Hall–Kier alpha value is -1.76. The topological polar surface area (TPSA) is 75.7 Å². The van der Waals surface area contributed by atoms with Crippen molar-refractivity contribution in [3.8, 4) is 11.6 Å². The zero-order valence-electron chi connectivity index (χ0n) is 10.6. The zero-order valence-corrected chi connectivity index (χ0v) is 12.9. The Balaban J connectivity index is 2.09. The molecule has 0 aliphatic heterocycles. The number of aromatic nitrogens is 4. The van der Waals surface area contributed by atoms with Crippen LogP contribution in [-0.2, 0) is 0 Å². The number of fused-ring (bicyclic) bond motifs is 1. The smallest absolute Gasteiger partial charge is 0.250 e. The quantitative estimate of drug-likeness (QED) is 0.698. The summed E-state index contributed by atoms with van der Waals surface area (Å²) in [5.74, 6) is 0.991. The molecule has 3 aromatic rings. The van der Waals surface area contributed by atoms with E-state index in [4.69, 9.17) is 39.5 Å². The van der Waals surface area contributed by atoms with Crippen molar-refractivity contribution in [2.24, 2.45) is 0 Å². The van der Waals surface area contributed by atoms with Crippen molar-refractivity contribution >= 4 is 51.9 Å². The summed E-state index contributed by atoms with van der Waals surface area (Å²) in [5.41, 5.74) is 1.02. The molecule has 0 aliphatic carbocycles. The van der Waals surface area contributed by atoms with Gasteiger partial charge in [0.1, 0.15) is 11.3 Å². The van der Waals surface area contributed by atoms with Gasteiger partial charge in [-0.1, -0.05) is 34.8 Å².